The SMILES string of the molecule is CNC(=O)C1CCCN1C(=O)CNC(=O)Cc1csc(-c2cccc(F)c2)n1. The normalized spacial score (nSPS) is 16.1. The van der Waals surface area contributed by atoms with E-state index in [2.05, 4.69) is 15.6 Å². The van der Waals surface area contributed by atoms with E-state index in [4.69, 9.17) is 0 Å². The van der Waals surface area contributed by atoms with Crippen LogP contribution in [0.2, 0.25) is 0 Å². The molecule has 2 aromatic rings. The molecule has 148 valence electrons. The highest BCUT2D eigenvalue weighted by atomic mass is 32.1. The Morgan fingerprint density at radius 3 is 2.93 bits per heavy atom. The highest BCUT2D eigenvalue weighted by molar-refractivity contribution is 7.13. The lowest BCUT2D eigenvalue weighted by atomic mass is 10.2. The van der Waals surface area contributed by atoms with Crippen molar-refractivity contribution >= 4 is 29.1 Å². The van der Waals surface area contributed by atoms with Gasteiger partial charge in [0.15, 0.2) is 0 Å². The van der Waals surface area contributed by atoms with Gasteiger partial charge in [-0.1, -0.05) is 12.1 Å². The minimum Gasteiger partial charge on any atom is -0.357 e. The molecule has 1 aromatic heterocycles. The maximum absolute atomic E-state index is 13.3. The number of likely N-dealkylation sites (N-methyl/N-ethyl adjacent to an activating group) is 1. The Balaban J connectivity index is 1.52. The lowest BCUT2D eigenvalue weighted by Gasteiger charge is -2.23. The van der Waals surface area contributed by atoms with E-state index < -0.39 is 6.04 Å². The second kappa shape index (κ2) is 8.92. The van der Waals surface area contributed by atoms with E-state index in [0.717, 1.165) is 6.42 Å². The summed E-state index contributed by atoms with van der Waals surface area (Å²) < 4.78 is 13.3. The number of hydrogen-bond acceptors (Lipinski definition) is 5. The molecule has 1 fully saturated rings. The number of rotatable bonds is 6. The first-order valence-corrected chi connectivity index (χ1v) is 9.84. The van der Waals surface area contributed by atoms with Crippen LogP contribution in [0.25, 0.3) is 10.6 Å². The van der Waals surface area contributed by atoms with Gasteiger partial charge in [-0.3, -0.25) is 14.4 Å². The van der Waals surface area contributed by atoms with Crippen LogP contribution in [0.4, 0.5) is 4.39 Å². The number of carbonyl (C=O) groups excluding carboxylic acids is 3. The fourth-order valence-electron chi connectivity index (χ4n) is 3.15. The maximum atomic E-state index is 13.3. The quantitative estimate of drug-likeness (QED) is 0.760. The second-order valence-electron chi connectivity index (χ2n) is 6.47. The average Bonchev–Trinajstić information content (AvgIpc) is 3.35. The van der Waals surface area contributed by atoms with Crippen molar-refractivity contribution in [2.75, 3.05) is 20.1 Å². The van der Waals surface area contributed by atoms with Gasteiger partial charge >= 0.3 is 0 Å². The number of halogens is 1. The summed E-state index contributed by atoms with van der Waals surface area (Å²) in [7, 11) is 1.54. The van der Waals surface area contributed by atoms with Crippen LogP contribution in [0, 0.1) is 5.82 Å². The molecule has 3 rings (SSSR count). The molecule has 1 aromatic carbocycles. The smallest absolute Gasteiger partial charge is 0.242 e. The minimum atomic E-state index is -0.471. The number of nitrogens with zero attached hydrogens (tertiary/aromatic N) is 2. The number of aromatic nitrogens is 1. The third-order valence-corrected chi connectivity index (χ3v) is 5.46. The van der Waals surface area contributed by atoms with Crippen molar-refractivity contribution < 1.29 is 18.8 Å². The summed E-state index contributed by atoms with van der Waals surface area (Å²) in [4.78, 5) is 42.2. The molecular formula is C19H21FN4O3S. The molecule has 0 bridgehead atoms. The number of hydrogen-bond donors (Lipinski definition) is 2. The molecule has 28 heavy (non-hydrogen) atoms. The zero-order chi connectivity index (χ0) is 20.1. The zero-order valence-electron chi connectivity index (χ0n) is 15.4. The van der Waals surface area contributed by atoms with Gasteiger partial charge < -0.3 is 15.5 Å². The summed E-state index contributed by atoms with van der Waals surface area (Å²) in [5, 5.41) is 7.51. The summed E-state index contributed by atoms with van der Waals surface area (Å²) >= 11 is 1.33. The molecule has 1 unspecified atom stereocenters. The maximum Gasteiger partial charge on any atom is 0.242 e. The van der Waals surface area contributed by atoms with Crippen molar-refractivity contribution in [3.8, 4) is 10.6 Å². The van der Waals surface area contributed by atoms with Crippen molar-refractivity contribution in [1.82, 2.24) is 20.5 Å². The summed E-state index contributed by atoms with van der Waals surface area (Å²) in [6.07, 6.45) is 1.42. The summed E-state index contributed by atoms with van der Waals surface area (Å²) in [6, 6.07) is 5.64. The van der Waals surface area contributed by atoms with Gasteiger partial charge in [-0.2, -0.15) is 0 Å². The van der Waals surface area contributed by atoms with E-state index in [1.807, 2.05) is 0 Å². The van der Waals surface area contributed by atoms with Gasteiger partial charge in [0.05, 0.1) is 18.7 Å². The number of amides is 3. The van der Waals surface area contributed by atoms with E-state index >= 15 is 0 Å². The standard InChI is InChI=1S/C19H21FN4O3S/c1-21-18(27)15-6-3-7-24(15)17(26)10-22-16(25)9-14-11-28-19(23-14)12-4-2-5-13(20)8-12/h2,4-5,8,11,15H,3,6-7,9-10H2,1H3,(H,21,27)(H,22,25). The molecule has 3 amide bonds. The van der Waals surface area contributed by atoms with E-state index in [1.54, 1.807) is 17.5 Å². The Bertz CT molecular complexity index is 886. The molecule has 2 heterocycles. The molecule has 7 nitrogen and oxygen atoms in total. The molecule has 0 radical (unpaired) electrons. The van der Waals surface area contributed by atoms with Crippen LogP contribution in [0.3, 0.4) is 0 Å². The van der Waals surface area contributed by atoms with Gasteiger partial charge in [0, 0.05) is 24.5 Å². The van der Waals surface area contributed by atoms with Crippen LogP contribution >= 0.6 is 11.3 Å². The molecule has 2 N–H and O–H groups in total. The van der Waals surface area contributed by atoms with Crippen molar-refractivity contribution in [3.05, 3.63) is 41.2 Å². The molecule has 1 aliphatic heterocycles. The molecule has 0 saturated carbocycles. The predicted molar refractivity (Wildman–Crippen MR) is 103 cm³/mol. The van der Waals surface area contributed by atoms with Crippen molar-refractivity contribution in [2.45, 2.75) is 25.3 Å². The number of nitrogens with one attached hydrogen (secondary N) is 2. The molecule has 0 spiro atoms. The fourth-order valence-corrected chi connectivity index (χ4v) is 3.97. The molecule has 0 aliphatic carbocycles. The van der Waals surface area contributed by atoms with Gasteiger partial charge in [-0.15, -0.1) is 11.3 Å². The number of benzene rings is 1. The Kier molecular flexibility index (Phi) is 6.35. The van der Waals surface area contributed by atoms with Crippen LogP contribution in [-0.2, 0) is 20.8 Å². The lowest BCUT2D eigenvalue weighted by molar-refractivity contribution is -0.138. The molecule has 9 heteroatoms. The van der Waals surface area contributed by atoms with Crippen molar-refractivity contribution in [1.29, 1.82) is 0 Å². The van der Waals surface area contributed by atoms with Crippen LogP contribution in [0.5, 0.6) is 0 Å². The Morgan fingerprint density at radius 1 is 1.36 bits per heavy atom. The molecule has 1 aliphatic rings. The average molecular weight is 404 g/mol. The Hall–Kier alpha value is -2.81. The summed E-state index contributed by atoms with van der Waals surface area (Å²) in [6.45, 7) is 0.350. The molecular weight excluding hydrogens is 383 g/mol. The number of carbonyl (C=O) groups is 3. The highest BCUT2D eigenvalue weighted by Crippen LogP contribution is 2.24. The van der Waals surface area contributed by atoms with Gasteiger partial charge in [0.1, 0.15) is 16.9 Å². The van der Waals surface area contributed by atoms with E-state index in [-0.39, 0.29) is 36.5 Å². The summed E-state index contributed by atoms with van der Waals surface area (Å²) in [5.41, 5.74) is 1.21. The first-order valence-electron chi connectivity index (χ1n) is 8.96. The topological polar surface area (TPSA) is 91.4 Å². The van der Waals surface area contributed by atoms with Gasteiger partial charge in [0.2, 0.25) is 17.7 Å². The van der Waals surface area contributed by atoms with E-state index in [9.17, 15) is 18.8 Å². The zero-order valence-corrected chi connectivity index (χ0v) is 16.2. The largest absolute Gasteiger partial charge is 0.357 e. The minimum absolute atomic E-state index is 0.0258. The summed E-state index contributed by atoms with van der Waals surface area (Å²) in [5.74, 6) is -1.15. The predicted octanol–water partition coefficient (Wildman–Crippen LogP) is 1.34. The van der Waals surface area contributed by atoms with Crippen molar-refractivity contribution in [3.63, 3.8) is 0 Å². The van der Waals surface area contributed by atoms with E-state index in [0.29, 0.717) is 29.2 Å². The Labute approximate surface area is 166 Å². The third-order valence-electron chi connectivity index (χ3n) is 4.52. The first-order chi connectivity index (χ1) is 13.5. The van der Waals surface area contributed by atoms with Gasteiger partial charge in [-0.25, -0.2) is 9.37 Å². The lowest BCUT2D eigenvalue weighted by Crippen LogP contribution is -2.48. The second-order valence-corrected chi connectivity index (χ2v) is 7.33. The molecule has 1 atom stereocenters. The van der Waals surface area contributed by atoms with Crippen LogP contribution in [-0.4, -0.2) is 53.8 Å². The first kappa shape index (κ1) is 19.9. The van der Waals surface area contributed by atoms with Gasteiger partial charge in [0.25, 0.3) is 0 Å². The Morgan fingerprint density at radius 2 is 2.18 bits per heavy atom. The highest BCUT2D eigenvalue weighted by Gasteiger charge is 2.33. The molecule has 1 saturated heterocycles. The monoisotopic (exact) mass is 404 g/mol. The van der Waals surface area contributed by atoms with E-state index in [1.165, 1.54) is 35.4 Å². The van der Waals surface area contributed by atoms with Gasteiger partial charge in [-0.05, 0) is 25.0 Å². The fraction of sp³-hybridized carbons (Fsp3) is 0.368. The van der Waals surface area contributed by atoms with Crippen LogP contribution < -0.4 is 10.6 Å². The third kappa shape index (κ3) is 4.72. The number of thiazole rings is 1. The van der Waals surface area contributed by atoms with Crippen LogP contribution in [0.15, 0.2) is 29.6 Å². The number of likely N-dealkylation sites (tertiary alicyclic amines) is 1. The van der Waals surface area contributed by atoms with Crippen LogP contribution in [0.1, 0.15) is 18.5 Å². The van der Waals surface area contributed by atoms with Crippen molar-refractivity contribution in [2.24, 2.45) is 0 Å².